The van der Waals surface area contributed by atoms with E-state index in [4.69, 9.17) is 4.74 Å². The van der Waals surface area contributed by atoms with Crippen LogP contribution in [0.1, 0.15) is 59.3 Å². The van der Waals surface area contributed by atoms with E-state index in [0.717, 1.165) is 25.6 Å². The molecule has 0 aromatic carbocycles. The van der Waals surface area contributed by atoms with Gasteiger partial charge in [0.25, 0.3) is 0 Å². The Morgan fingerprint density at radius 3 is 2.90 bits per heavy atom. The van der Waals surface area contributed by atoms with Gasteiger partial charge in [-0.2, -0.15) is 0 Å². The van der Waals surface area contributed by atoms with Gasteiger partial charge in [0.05, 0.1) is 12.7 Å². The minimum absolute atomic E-state index is 0.398. The van der Waals surface area contributed by atoms with Gasteiger partial charge in [0.2, 0.25) is 0 Å². The first-order chi connectivity index (χ1) is 9.74. The van der Waals surface area contributed by atoms with Gasteiger partial charge >= 0.3 is 0 Å². The first kappa shape index (κ1) is 16.3. The average Bonchev–Trinajstić information content (AvgIpc) is 2.91. The van der Waals surface area contributed by atoms with Crippen molar-refractivity contribution in [2.24, 2.45) is 5.92 Å². The number of hydrogen-bond donors (Lipinski definition) is 1. The molecule has 0 aromatic heterocycles. The van der Waals surface area contributed by atoms with Crippen LogP contribution in [0, 0.1) is 5.92 Å². The average molecular weight is 282 g/mol. The van der Waals surface area contributed by atoms with Crippen LogP contribution in [-0.2, 0) is 4.74 Å². The van der Waals surface area contributed by atoms with Crippen molar-refractivity contribution in [3.05, 3.63) is 0 Å². The molecule has 20 heavy (non-hydrogen) atoms. The van der Waals surface area contributed by atoms with Crippen molar-refractivity contribution in [1.82, 2.24) is 10.2 Å². The fourth-order valence-electron chi connectivity index (χ4n) is 3.83. The number of rotatable bonds is 8. The number of nitrogens with one attached hydrogen (secondary N) is 1. The van der Waals surface area contributed by atoms with Crippen molar-refractivity contribution in [1.29, 1.82) is 0 Å². The van der Waals surface area contributed by atoms with Crippen molar-refractivity contribution in [3.8, 4) is 0 Å². The lowest BCUT2D eigenvalue weighted by molar-refractivity contribution is -0.0674. The van der Waals surface area contributed by atoms with Crippen molar-refractivity contribution < 1.29 is 4.74 Å². The minimum Gasteiger partial charge on any atom is -0.374 e. The Hall–Kier alpha value is -0.120. The Bertz CT molecular complexity index is 272. The highest BCUT2D eigenvalue weighted by Gasteiger charge is 2.35. The van der Waals surface area contributed by atoms with E-state index >= 15 is 0 Å². The van der Waals surface area contributed by atoms with Crippen LogP contribution in [0.15, 0.2) is 0 Å². The van der Waals surface area contributed by atoms with Crippen LogP contribution in [0.3, 0.4) is 0 Å². The molecule has 2 aliphatic rings. The van der Waals surface area contributed by atoms with Gasteiger partial charge in [-0.25, -0.2) is 0 Å². The third-order valence-corrected chi connectivity index (χ3v) is 4.96. The van der Waals surface area contributed by atoms with Gasteiger partial charge in [-0.1, -0.05) is 33.6 Å². The minimum atomic E-state index is 0.398. The molecule has 0 bridgehead atoms. The number of ether oxygens (including phenoxy) is 1. The van der Waals surface area contributed by atoms with E-state index in [1.807, 2.05) is 0 Å². The van der Waals surface area contributed by atoms with Crippen LogP contribution in [0.5, 0.6) is 0 Å². The molecule has 2 rings (SSSR count). The summed E-state index contributed by atoms with van der Waals surface area (Å²) in [5.41, 5.74) is 0. The third kappa shape index (κ3) is 4.44. The van der Waals surface area contributed by atoms with Crippen molar-refractivity contribution in [3.63, 3.8) is 0 Å². The number of fused-ring (bicyclic) bond motifs is 1. The Morgan fingerprint density at radius 1 is 1.30 bits per heavy atom. The second-order valence-electron chi connectivity index (χ2n) is 6.85. The van der Waals surface area contributed by atoms with E-state index in [0.29, 0.717) is 18.2 Å². The number of nitrogens with zero attached hydrogens (tertiary/aromatic N) is 1. The lowest BCUT2D eigenvalue weighted by Gasteiger charge is -2.40. The largest absolute Gasteiger partial charge is 0.374 e. The highest BCUT2D eigenvalue weighted by Crippen LogP contribution is 2.26. The summed E-state index contributed by atoms with van der Waals surface area (Å²) in [4.78, 5) is 2.67. The zero-order chi connectivity index (χ0) is 14.4. The maximum absolute atomic E-state index is 6.23. The lowest BCUT2D eigenvalue weighted by atomic mass is 9.93. The quantitative estimate of drug-likeness (QED) is 0.740. The standard InChI is InChI=1S/C17H34N2O/c1-4-7-14(3)11-16(18-9-5-2)17-12-19-10-6-8-15(19)13-20-17/h14-18H,4-13H2,1-3H3. The molecule has 2 saturated heterocycles. The van der Waals surface area contributed by atoms with Crippen LogP contribution < -0.4 is 5.32 Å². The second-order valence-corrected chi connectivity index (χ2v) is 6.85. The molecule has 2 heterocycles. The van der Waals surface area contributed by atoms with Crippen molar-refractivity contribution in [2.45, 2.75) is 77.5 Å². The summed E-state index contributed by atoms with van der Waals surface area (Å²) in [6.07, 6.45) is 8.20. The van der Waals surface area contributed by atoms with Crippen LogP contribution in [0.4, 0.5) is 0 Å². The van der Waals surface area contributed by atoms with Crippen LogP contribution in [0.25, 0.3) is 0 Å². The third-order valence-electron chi connectivity index (χ3n) is 4.96. The maximum Gasteiger partial charge on any atom is 0.0855 e. The molecule has 4 atom stereocenters. The van der Waals surface area contributed by atoms with Gasteiger partial charge in [-0.05, 0) is 44.7 Å². The number of morpholine rings is 1. The molecule has 3 heteroatoms. The summed E-state index contributed by atoms with van der Waals surface area (Å²) in [5.74, 6) is 0.800. The second kappa shape index (κ2) is 8.35. The fourth-order valence-corrected chi connectivity index (χ4v) is 3.83. The first-order valence-corrected chi connectivity index (χ1v) is 8.83. The topological polar surface area (TPSA) is 24.5 Å². The maximum atomic E-state index is 6.23. The summed E-state index contributed by atoms with van der Waals surface area (Å²) < 4.78 is 6.23. The van der Waals surface area contributed by atoms with E-state index < -0.39 is 0 Å². The Balaban J connectivity index is 1.87. The predicted octanol–water partition coefficient (Wildman–Crippen LogP) is 3.04. The molecule has 4 unspecified atom stereocenters. The molecule has 0 radical (unpaired) electrons. The highest BCUT2D eigenvalue weighted by molar-refractivity contribution is 4.90. The van der Waals surface area contributed by atoms with E-state index in [-0.39, 0.29) is 0 Å². The smallest absolute Gasteiger partial charge is 0.0855 e. The van der Waals surface area contributed by atoms with E-state index in [2.05, 4.69) is 31.0 Å². The summed E-state index contributed by atoms with van der Waals surface area (Å²) in [7, 11) is 0. The molecular weight excluding hydrogens is 248 g/mol. The lowest BCUT2D eigenvalue weighted by Crippen LogP contribution is -2.54. The Morgan fingerprint density at radius 2 is 2.15 bits per heavy atom. The molecule has 0 saturated carbocycles. The van der Waals surface area contributed by atoms with Gasteiger partial charge in [-0.3, -0.25) is 4.90 Å². The molecule has 0 amide bonds. The van der Waals surface area contributed by atoms with E-state index in [1.54, 1.807) is 0 Å². The summed E-state index contributed by atoms with van der Waals surface area (Å²) in [5, 5.41) is 3.76. The zero-order valence-electron chi connectivity index (χ0n) is 13.7. The van der Waals surface area contributed by atoms with Gasteiger partial charge in [0.1, 0.15) is 0 Å². The van der Waals surface area contributed by atoms with Crippen LogP contribution >= 0.6 is 0 Å². The monoisotopic (exact) mass is 282 g/mol. The molecule has 2 aliphatic heterocycles. The van der Waals surface area contributed by atoms with Gasteiger partial charge < -0.3 is 10.1 Å². The SMILES string of the molecule is CCCNC(CC(C)CCC)C1CN2CCCC2CO1. The van der Waals surface area contributed by atoms with Crippen LogP contribution in [0.2, 0.25) is 0 Å². The van der Waals surface area contributed by atoms with E-state index in [1.165, 1.54) is 45.1 Å². The molecule has 0 spiro atoms. The van der Waals surface area contributed by atoms with Crippen molar-refractivity contribution >= 4 is 0 Å². The van der Waals surface area contributed by atoms with Crippen molar-refractivity contribution in [2.75, 3.05) is 26.2 Å². The summed E-state index contributed by atoms with van der Waals surface area (Å²) in [6.45, 7) is 11.4. The Labute approximate surface area is 125 Å². The predicted molar refractivity (Wildman–Crippen MR) is 85.1 cm³/mol. The molecule has 1 N–H and O–H groups in total. The molecule has 0 aromatic rings. The van der Waals surface area contributed by atoms with Gasteiger partial charge in [0, 0.05) is 18.6 Å². The molecular formula is C17H34N2O. The van der Waals surface area contributed by atoms with Gasteiger partial charge in [-0.15, -0.1) is 0 Å². The Kier molecular flexibility index (Phi) is 6.79. The van der Waals surface area contributed by atoms with Crippen LogP contribution in [-0.4, -0.2) is 49.3 Å². The number of hydrogen-bond acceptors (Lipinski definition) is 3. The van der Waals surface area contributed by atoms with Gasteiger partial charge in [0.15, 0.2) is 0 Å². The molecule has 118 valence electrons. The summed E-state index contributed by atoms with van der Waals surface area (Å²) in [6, 6.07) is 1.25. The fraction of sp³-hybridized carbons (Fsp3) is 1.00. The molecule has 0 aliphatic carbocycles. The first-order valence-electron chi connectivity index (χ1n) is 8.83. The zero-order valence-corrected chi connectivity index (χ0v) is 13.7. The molecule has 2 fully saturated rings. The normalized spacial score (nSPS) is 30.1. The molecule has 3 nitrogen and oxygen atoms in total. The summed E-state index contributed by atoms with van der Waals surface area (Å²) >= 11 is 0. The van der Waals surface area contributed by atoms with E-state index in [9.17, 15) is 0 Å². The highest BCUT2D eigenvalue weighted by atomic mass is 16.5.